The summed E-state index contributed by atoms with van der Waals surface area (Å²) in [6.07, 6.45) is 2.28. The van der Waals surface area contributed by atoms with Crippen molar-refractivity contribution < 1.29 is 19.1 Å². The number of esters is 1. The number of rotatable bonds is 4. The molecule has 0 saturated carbocycles. The average Bonchev–Trinajstić information content (AvgIpc) is 2.89. The Hall–Kier alpha value is -1.40. The van der Waals surface area contributed by atoms with Crippen molar-refractivity contribution in [1.29, 1.82) is 0 Å². The van der Waals surface area contributed by atoms with Gasteiger partial charge in [-0.25, -0.2) is 4.79 Å². The van der Waals surface area contributed by atoms with Gasteiger partial charge in [-0.3, -0.25) is 4.79 Å². The molecule has 0 spiro atoms. The first-order valence-corrected chi connectivity index (χ1v) is 5.78. The number of carbonyl (C=O) groups is 2. The van der Waals surface area contributed by atoms with E-state index in [0.29, 0.717) is 12.3 Å². The molecule has 0 aromatic carbocycles. The van der Waals surface area contributed by atoms with Gasteiger partial charge in [-0.2, -0.15) is 0 Å². The largest absolute Gasteiger partial charge is 0.426 e. The van der Waals surface area contributed by atoms with E-state index in [-0.39, 0.29) is 11.9 Å². The van der Waals surface area contributed by atoms with Crippen molar-refractivity contribution in [3.63, 3.8) is 0 Å². The third-order valence-corrected chi connectivity index (χ3v) is 2.71. The van der Waals surface area contributed by atoms with Crippen LogP contribution < -0.4 is 10.6 Å². The number of ether oxygens (including phenoxy) is 2. The minimum atomic E-state index is -0.780. The van der Waals surface area contributed by atoms with E-state index < -0.39 is 12.3 Å². The smallest absolute Gasteiger partial charge is 0.335 e. The molecule has 2 N–H and O–H groups in total. The van der Waals surface area contributed by atoms with Gasteiger partial charge in [0.2, 0.25) is 12.2 Å². The molecular weight excluding hydrogens is 224 g/mol. The third kappa shape index (κ3) is 2.83. The Labute approximate surface area is 99.3 Å². The maximum absolute atomic E-state index is 11.8. The van der Waals surface area contributed by atoms with Gasteiger partial charge in [-0.05, 0) is 26.3 Å². The van der Waals surface area contributed by atoms with Crippen LogP contribution in [0.3, 0.4) is 0 Å². The Kier molecular flexibility index (Phi) is 3.75. The van der Waals surface area contributed by atoms with Crippen molar-refractivity contribution in [3.8, 4) is 0 Å². The van der Waals surface area contributed by atoms with Gasteiger partial charge >= 0.3 is 5.97 Å². The molecule has 0 aromatic rings. The van der Waals surface area contributed by atoms with Gasteiger partial charge < -0.3 is 20.1 Å². The highest BCUT2D eigenvalue weighted by Crippen LogP contribution is 2.15. The zero-order chi connectivity index (χ0) is 12.3. The standard InChI is InChI=1S/C11H16N2O4/c1-2-16-11-8(6-9(14)17-11)13-10(15)7-4-3-5-12-7/h6-7,11-12H,2-5H2,1H3,(H,13,15)/t7-,11+/m0/s1. The van der Waals surface area contributed by atoms with Crippen LogP contribution in [-0.4, -0.2) is 37.4 Å². The number of nitrogens with one attached hydrogen (secondary N) is 2. The molecule has 2 heterocycles. The molecule has 6 nitrogen and oxygen atoms in total. The Morgan fingerprint density at radius 3 is 3.18 bits per heavy atom. The molecule has 17 heavy (non-hydrogen) atoms. The first-order valence-electron chi connectivity index (χ1n) is 5.78. The fraction of sp³-hybridized carbons (Fsp3) is 0.636. The highest BCUT2D eigenvalue weighted by molar-refractivity contribution is 5.89. The van der Waals surface area contributed by atoms with Gasteiger partial charge in [-0.1, -0.05) is 0 Å². The van der Waals surface area contributed by atoms with Gasteiger partial charge in [-0.15, -0.1) is 0 Å². The maximum Gasteiger partial charge on any atom is 0.335 e. The normalized spacial score (nSPS) is 27.8. The topological polar surface area (TPSA) is 76.7 Å². The van der Waals surface area contributed by atoms with Crippen LogP contribution in [-0.2, 0) is 19.1 Å². The summed E-state index contributed by atoms with van der Waals surface area (Å²) < 4.78 is 10.1. The lowest BCUT2D eigenvalue weighted by atomic mass is 10.2. The molecule has 0 radical (unpaired) electrons. The fourth-order valence-corrected chi connectivity index (χ4v) is 1.91. The zero-order valence-corrected chi connectivity index (χ0v) is 9.69. The van der Waals surface area contributed by atoms with Crippen LogP contribution in [0.5, 0.6) is 0 Å². The second kappa shape index (κ2) is 5.29. The first-order chi connectivity index (χ1) is 8.20. The number of cyclic esters (lactones) is 1. The van der Waals surface area contributed by atoms with Crippen LogP contribution in [0.15, 0.2) is 11.8 Å². The van der Waals surface area contributed by atoms with Crippen LogP contribution in [0.4, 0.5) is 0 Å². The van der Waals surface area contributed by atoms with E-state index in [1.807, 2.05) is 0 Å². The Bertz CT molecular complexity index is 347. The number of carbonyl (C=O) groups excluding carboxylic acids is 2. The molecular formula is C11H16N2O4. The lowest BCUT2D eigenvalue weighted by molar-refractivity contribution is -0.159. The summed E-state index contributed by atoms with van der Waals surface area (Å²) in [5.41, 5.74) is 0.385. The van der Waals surface area contributed by atoms with Crippen LogP contribution in [0.1, 0.15) is 19.8 Å². The van der Waals surface area contributed by atoms with Gasteiger partial charge in [0.1, 0.15) is 0 Å². The quantitative estimate of drug-likeness (QED) is 0.657. The second-order valence-corrected chi connectivity index (χ2v) is 3.96. The molecule has 0 aromatic heterocycles. The van der Waals surface area contributed by atoms with E-state index in [9.17, 15) is 9.59 Å². The van der Waals surface area contributed by atoms with Crippen molar-refractivity contribution in [3.05, 3.63) is 11.8 Å². The molecule has 1 saturated heterocycles. The van der Waals surface area contributed by atoms with Crippen molar-refractivity contribution in [2.45, 2.75) is 32.1 Å². The monoisotopic (exact) mass is 240 g/mol. The molecule has 1 fully saturated rings. The van der Waals surface area contributed by atoms with Gasteiger partial charge in [0.25, 0.3) is 0 Å². The molecule has 2 aliphatic heterocycles. The van der Waals surface area contributed by atoms with Crippen LogP contribution in [0, 0.1) is 0 Å². The van der Waals surface area contributed by atoms with Crippen LogP contribution in [0.25, 0.3) is 0 Å². The Balaban J connectivity index is 1.94. The Morgan fingerprint density at radius 2 is 2.53 bits per heavy atom. The lowest BCUT2D eigenvalue weighted by Crippen LogP contribution is -2.42. The van der Waals surface area contributed by atoms with Crippen molar-refractivity contribution in [1.82, 2.24) is 10.6 Å². The summed E-state index contributed by atoms with van der Waals surface area (Å²) in [5.74, 6) is -0.630. The van der Waals surface area contributed by atoms with Gasteiger partial charge in [0, 0.05) is 12.7 Å². The number of amides is 1. The average molecular weight is 240 g/mol. The highest BCUT2D eigenvalue weighted by Gasteiger charge is 2.30. The van der Waals surface area contributed by atoms with Crippen molar-refractivity contribution >= 4 is 11.9 Å². The second-order valence-electron chi connectivity index (χ2n) is 3.96. The van der Waals surface area contributed by atoms with E-state index in [2.05, 4.69) is 10.6 Å². The highest BCUT2D eigenvalue weighted by atomic mass is 16.7. The predicted molar refractivity (Wildman–Crippen MR) is 58.8 cm³/mol. The lowest BCUT2D eigenvalue weighted by Gasteiger charge is -2.16. The molecule has 0 bridgehead atoms. The molecule has 0 aliphatic carbocycles. The molecule has 2 rings (SSSR count). The molecule has 94 valence electrons. The van der Waals surface area contributed by atoms with E-state index in [0.717, 1.165) is 19.4 Å². The maximum atomic E-state index is 11.8. The molecule has 6 heteroatoms. The van der Waals surface area contributed by atoms with E-state index in [1.54, 1.807) is 6.92 Å². The first kappa shape index (κ1) is 12.1. The molecule has 1 amide bonds. The molecule has 2 aliphatic rings. The minimum absolute atomic E-state index is 0.142. The number of hydrogen-bond donors (Lipinski definition) is 2. The summed E-state index contributed by atoms with van der Waals surface area (Å²) in [6.45, 7) is 3.05. The van der Waals surface area contributed by atoms with Crippen LogP contribution >= 0.6 is 0 Å². The summed E-state index contributed by atoms with van der Waals surface area (Å²) >= 11 is 0. The van der Waals surface area contributed by atoms with Gasteiger partial charge in [0.15, 0.2) is 0 Å². The van der Waals surface area contributed by atoms with Crippen molar-refractivity contribution in [2.24, 2.45) is 0 Å². The SMILES string of the molecule is CCO[C@@H]1OC(=O)C=C1NC(=O)[C@@H]1CCCN1. The van der Waals surface area contributed by atoms with E-state index in [1.165, 1.54) is 6.08 Å². The predicted octanol–water partition coefficient (Wildman–Crippen LogP) is -0.342. The van der Waals surface area contributed by atoms with E-state index in [4.69, 9.17) is 9.47 Å². The zero-order valence-electron chi connectivity index (χ0n) is 9.69. The number of hydrogen-bond acceptors (Lipinski definition) is 5. The van der Waals surface area contributed by atoms with Gasteiger partial charge in [0.05, 0.1) is 11.7 Å². The van der Waals surface area contributed by atoms with Crippen molar-refractivity contribution in [2.75, 3.05) is 13.2 Å². The fourth-order valence-electron chi connectivity index (χ4n) is 1.91. The summed E-state index contributed by atoms with van der Waals surface area (Å²) in [6, 6.07) is -0.186. The summed E-state index contributed by atoms with van der Waals surface area (Å²) in [7, 11) is 0. The molecule has 2 atom stereocenters. The third-order valence-electron chi connectivity index (χ3n) is 2.71. The minimum Gasteiger partial charge on any atom is -0.426 e. The van der Waals surface area contributed by atoms with Crippen LogP contribution in [0.2, 0.25) is 0 Å². The van der Waals surface area contributed by atoms with E-state index >= 15 is 0 Å². The summed E-state index contributed by atoms with van der Waals surface area (Å²) in [4.78, 5) is 22.9. The summed E-state index contributed by atoms with van der Waals surface area (Å²) in [5, 5.41) is 5.76. The Morgan fingerprint density at radius 1 is 1.71 bits per heavy atom. The molecule has 0 unspecified atom stereocenters.